The van der Waals surface area contributed by atoms with Crippen molar-refractivity contribution in [2.24, 2.45) is 0 Å². The zero-order valence-corrected chi connectivity index (χ0v) is 13.2. The predicted molar refractivity (Wildman–Crippen MR) is 37.4 cm³/mol. The summed E-state index contributed by atoms with van der Waals surface area (Å²) in [6, 6.07) is 0. The minimum absolute atomic E-state index is 0. The van der Waals surface area contributed by atoms with Crippen LogP contribution in [0.1, 0.15) is 40.5 Å². The molecule has 0 aromatic carbocycles. The average Bonchev–Trinajstić information content (AvgIpc) is 1.57. The van der Waals surface area contributed by atoms with Crippen LogP contribution in [0.3, 0.4) is 0 Å². The van der Waals surface area contributed by atoms with Crippen molar-refractivity contribution in [2.45, 2.75) is 51.7 Å². The van der Waals surface area contributed by atoms with E-state index in [1.165, 1.54) is 0 Å². The normalized spacial score (nSPS) is 11.5. The summed E-state index contributed by atoms with van der Waals surface area (Å²) < 4.78 is 0. The molecule has 0 saturated carbocycles. The Morgan fingerprint density at radius 1 is 0.750 bits per heavy atom. The third kappa shape index (κ3) is 17.9. The molecule has 12 heavy (non-hydrogen) atoms. The van der Waals surface area contributed by atoms with E-state index in [2.05, 4.69) is 0 Å². The van der Waals surface area contributed by atoms with E-state index in [1.807, 2.05) is 0 Å². The van der Waals surface area contributed by atoms with E-state index in [0.29, 0.717) is 12.8 Å². The molecular weight excluding hydrogens is 174 g/mol. The maximum atomic E-state index is 11.0. The molecule has 0 fully saturated rings. The summed E-state index contributed by atoms with van der Waals surface area (Å²) in [5.41, 5.74) is -1.89. The molecule has 2 nitrogen and oxygen atoms in total. The Hall–Kier alpha value is 1.92. The molecule has 0 aromatic rings. The molecule has 0 unspecified atom stereocenters. The molecule has 0 heterocycles. The van der Waals surface area contributed by atoms with Crippen molar-refractivity contribution in [1.29, 1.82) is 0 Å². The van der Waals surface area contributed by atoms with Crippen LogP contribution in [0.25, 0.3) is 0 Å². The van der Waals surface area contributed by atoms with Crippen LogP contribution in [0.4, 0.5) is 0 Å². The van der Waals surface area contributed by atoms with Gasteiger partial charge in [0.1, 0.15) is 0 Å². The quantitative estimate of drug-likeness (QED) is 0.416. The zero-order chi connectivity index (χ0) is 8.41. The second-order valence-electron chi connectivity index (χ2n) is 4.02. The van der Waals surface area contributed by atoms with E-state index in [1.54, 1.807) is 27.7 Å². The Labute approximate surface area is 120 Å². The molecule has 0 aliphatic carbocycles. The maximum Gasteiger partial charge on any atom is 1.00 e. The van der Waals surface area contributed by atoms with Crippen LogP contribution in [-0.4, -0.2) is 11.2 Å². The van der Waals surface area contributed by atoms with Crippen LogP contribution in [0.2, 0.25) is 0 Å². The molecule has 0 amide bonds. The van der Waals surface area contributed by atoms with E-state index < -0.39 is 11.2 Å². The fraction of sp³-hybridized carbons (Fsp3) is 1.00. The van der Waals surface area contributed by atoms with E-state index in [-0.39, 0.29) is 59.1 Å². The standard InChI is InChI=1S/C8H16O2.2Na/c1-7(2,9)5-6-8(3,4)10;;/h5-6H2,1-4H3;;/q-2;2*+1. The van der Waals surface area contributed by atoms with E-state index in [9.17, 15) is 10.2 Å². The van der Waals surface area contributed by atoms with Gasteiger partial charge in [-0.05, 0) is 0 Å². The zero-order valence-electron chi connectivity index (χ0n) is 9.23. The van der Waals surface area contributed by atoms with Crippen LogP contribution in [0, 0.1) is 0 Å². The minimum atomic E-state index is -0.943. The van der Waals surface area contributed by atoms with Crippen LogP contribution in [0.15, 0.2) is 0 Å². The molecule has 0 aliphatic rings. The van der Waals surface area contributed by atoms with E-state index in [4.69, 9.17) is 0 Å². The summed E-state index contributed by atoms with van der Waals surface area (Å²) in [5.74, 6) is 0. The first-order chi connectivity index (χ1) is 4.21. The second-order valence-corrected chi connectivity index (χ2v) is 4.02. The van der Waals surface area contributed by atoms with Gasteiger partial charge in [-0.3, -0.25) is 0 Å². The maximum absolute atomic E-state index is 11.0. The molecule has 0 spiro atoms. The third-order valence-corrected chi connectivity index (χ3v) is 1.33. The van der Waals surface area contributed by atoms with Crippen molar-refractivity contribution in [3.8, 4) is 0 Å². The first-order valence-electron chi connectivity index (χ1n) is 3.62. The van der Waals surface area contributed by atoms with Gasteiger partial charge in [0.15, 0.2) is 0 Å². The SMILES string of the molecule is CC(C)([O-])CCC(C)(C)[O-].[Na+].[Na+]. The second kappa shape index (κ2) is 7.24. The number of rotatable bonds is 3. The summed E-state index contributed by atoms with van der Waals surface area (Å²) in [4.78, 5) is 0. The van der Waals surface area contributed by atoms with Gasteiger partial charge in [0.05, 0.1) is 0 Å². The molecule has 4 heteroatoms. The van der Waals surface area contributed by atoms with Crippen molar-refractivity contribution in [1.82, 2.24) is 0 Å². The van der Waals surface area contributed by atoms with Gasteiger partial charge < -0.3 is 10.2 Å². The summed E-state index contributed by atoms with van der Waals surface area (Å²) >= 11 is 0. The predicted octanol–water partition coefficient (Wildman–Crippen LogP) is -5.95. The van der Waals surface area contributed by atoms with Crippen LogP contribution in [-0.2, 0) is 0 Å². The van der Waals surface area contributed by atoms with Crippen molar-refractivity contribution < 1.29 is 69.3 Å². The molecule has 0 radical (unpaired) electrons. The Bertz CT molecular complexity index is 88.6. The van der Waals surface area contributed by atoms with E-state index in [0.717, 1.165) is 0 Å². The van der Waals surface area contributed by atoms with Gasteiger partial charge in [0.25, 0.3) is 0 Å². The summed E-state index contributed by atoms with van der Waals surface area (Å²) in [7, 11) is 0. The van der Waals surface area contributed by atoms with Crippen molar-refractivity contribution in [3.05, 3.63) is 0 Å². The van der Waals surface area contributed by atoms with Gasteiger partial charge in [-0.15, -0.1) is 11.2 Å². The van der Waals surface area contributed by atoms with Gasteiger partial charge in [0, 0.05) is 0 Å². The molecule has 0 N–H and O–H groups in total. The van der Waals surface area contributed by atoms with Crippen LogP contribution >= 0.6 is 0 Å². The third-order valence-electron chi connectivity index (χ3n) is 1.33. The number of hydrogen-bond donors (Lipinski definition) is 0. The van der Waals surface area contributed by atoms with Crippen molar-refractivity contribution >= 4 is 0 Å². The monoisotopic (exact) mass is 190 g/mol. The van der Waals surface area contributed by atoms with Crippen LogP contribution in [0.5, 0.6) is 0 Å². The minimum Gasteiger partial charge on any atom is -0.850 e. The molecule has 0 rings (SSSR count). The molecule has 0 bridgehead atoms. The summed E-state index contributed by atoms with van der Waals surface area (Å²) in [6.07, 6.45) is 0.924. The van der Waals surface area contributed by atoms with Crippen LogP contribution < -0.4 is 69.3 Å². The molecule has 0 aromatic heterocycles. The molecular formula is C8H16Na2O2. The van der Waals surface area contributed by atoms with Crippen molar-refractivity contribution in [3.63, 3.8) is 0 Å². The van der Waals surface area contributed by atoms with Gasteiger partial charge in [0.2, 0.25) is 0 Å². The molecule has 62 valence electrons. The Morgan fingerprint density at radius 2 is 0.917 bits per heavy atom. The largest absolute Gasteiger partial charge is 1.00 e. The Morgan fingerprint density at radius 3 is 1.00 bits per heavy atom. The first kappa shape index (κ1) is 19.5. The summed E-state index contributed by atoms with van der Waals surface area (Å²) in [6.45, 7) is 6.44. The van der Waals surface area contributed by atoms with Gasteiger partial charge in [-0.2, -0.15) is 0 Å². The number of hydrogen-bond acceptors (Lipinski definition) is 2. The fourth-order valence-corrected chi connectivity index (χ4v) is 0.602. The summed E-state index contributed by atoms with van der Waals surface area (Å²) in [5, 5.41) is 22.0. The van der Waals surface area contributed by atoms with Gasteiger partial charge in [-0.1, -0.05) is 40.5 Å². The van der Waals surface area contributed by atoms with Gasteiger partial charge >= 0.3 is 59.1 Å². The Balaban J connectivity index is -0.000000405. The molecule has 0 saturated heterocycles. The first-order valence-corrected chi connectivity index (χ1v) is 3.62. The average molecular weight is 190 g/mol. The molecule has 0 aliphatic heterocycles. The molecule has 0 atom stereocenters. The van der Waals surface area contributed by atoms with E-state index >= 15 is 0 Å². The fourth-order valence-electron chi connectivity index (χ4n) is 0.602. The van der Waals surface area contributed by atoms with Gasteiger partial charge in [-0.25, -0.2) is 0 Å². The Kier molecular flexibility index (Phi) is 11.8. The van der Waals surface area contributed by atoms with Crippen molar-refractivity contribution in [2.75, 3.05) is 0 Å². The topological polar surface area (TPSA) is 46.1 Å². The smallest absolute Gasteiger partial charge is 0.850 e.